The second-order valence-electron chi connectivity index (χ2n) is 3.48. The van der Waals surface area contributed by atoms with Crippen LogP contribution in [0.2, 0.25) is 0 Å². The van der Waals surface area contributed by atoms with Gasteiger partial charge in [0.15, 0.2) is 11.7 Å². The average molecular weight is 240 g/mol. The van der Waals surface area contributed by atoms with Crippen molar-refractivity contribution in [3.8, 4) is 0 Å². The Bertz CT molecular complexity index is 508. The maximum atomic E-state index is 5.73. The Kier molecular flexibility index (Phi) is 3.70. The Morgan fingerprint density at radius 1 is 1.06 bits per heavy atom. The number of pyridine rings is 1. The molecule has 6 nitrogen and oxygen atoms in total. The van der Waals surface area contributed by atoms with Crippen LogP contribution in [-0.2, 0) is 0 Å². The van der Waals surface area contributed by atoms with E-state index in [4.69, 9.17) is 5.73 Å². The second-order valence-corrected chi connectivity index (χ2v) is 3.48. The zero-order valence-corrected chi connectivity index (χ0v) is 9.85. The standard InChI is InChI=1S/C12H12N6/c1-9(10-3-7-14-8-4-10)17-18-11(13)12-15-5-2-6-16-12/h2-8H,1H3,(H2,13,18)/b17-9-. The van der Waals surface area contributed by atoms with E-state index < -0.39 is 0 Å². The number of hydrogen-bond acceptors (Lipinski definition) is 5. The summed E-state index contributed by atoms with van der Waals surface area (Å²) in [6.45, 7) is 1.85. The molecule has 0 saturated carbocycles. The van der Waals surface area contributed by atoms with Crippen molar-refractivity contribution < 1.29 is 0 Å². The molecule has 0 fully saturated rings. The largest absolute Gasteiger partial charge is 0.379 e. The smallest absolute Gasteiger partial charge is 0.196 e. The quantitative estimate of drug-likeness (QED) is 0.492. The van der Waals surface area contributed by atoms with Gasteiger partial charge in [-0.3, -0.25) is 4.98 Å². The van der Waals surface area contributed by atoms with Gasteiger partial charge in [0.05, 0.1) is 5.71 Å². The van der Waals surface area contributed by atoms with Gasteiger partial charge in [-0.25, -0.2) is 9.97 Å². The lowest BCUT2D eigenvalue weighted by Gasteiger charge is -1.98. The van der Waals surface area contributed by atoms with Gasteiger partial charge in [-0.1, -0.05) is 0 Å². The van der Waals surface area contributed by atoms with Crippen LogP contribution >= 0.6 is 0 Å². The minimum atomic E-state index is 0.184. The fourth-order valence-electron chi connectivity index (χ4n) is 1.26. The Labute approximate surface area is 104 Å². The summed E-state index contributed by atoms with van der Waals surface area (Å²) in [6, 6.07) is 5.41. The first-order chi connectivity index (χ1) is 8.77. The van der Waals surface area contributed by atoms with Crippen molar-refractivity contribution in [1.82, 2.24) is 15.0 Å². The zero-order chi connectivity index (χ0) is 12.8. The first-order valence-electron chi connectivity index (χ1n) is 5.33. The van der Waals surface area contributed by atoms with Crippen LogP contribution in [0.3, 0.4) is 0 Å². The molecule has 2 heterocycles. The van der Waals surface area contributed by atoms with Crippen molar-refractivity contribution >= 4 is 11.5 Å². The van der Waals surface area contributed by atoms with Crippen molar-refractivity contribution in [2.45, 2.75) is 6.92 Å². The van der Waals surface area contributed by atoms with Gasteiger partial charge in [0.2, 0.25) is 0 Å². The SMILES string of the molecule is C/C(=N/N=C(\N)c1ncccn1)c1ccncc1. The van der Waals surface area contributed by atoms with Crippen LogP contribution in [0.4, 0.5) is 0 Å². The molecule has 6 heteroatoms. The van der Waals surface area contributed by atoms with Gasteiger partial charge >= 0.3 is 0 Å². The summed E-state index contributed by atoms with van der Waals surface area (Å²) in [5.41, 5.74) is 7.41. The highest BCUT2D eigenvalue weighted by Crippen LogP contribution is 1.99. The summed E-state index contributed by atoms with van der Waals surface area (Å²) in [5, 5.41) is 7.95. The Balaban J connectivity index is 2.20. The molecule has 2 N–H and O–H groups in total. The summed E-state index contributed by atoms with van der Waals surface area (Å²) >= 11 is 0. The van der Waals surface area contributed by atoms with E-state index in [0.717, 1.165) is 11.3 Å². The molecule has 0 aliphatic carbocycles. The third kappa shape index (κ3) is 2.94. The molecule has 0 amide bonds. The van der Waals surface area contributed by atoms with E-state index >= 15 is 0 Å². The summed E-state index contributed by atoms with van der Waals surface area (Å²) in [6.07, 6.45) is 6.60. The summed E-state index contributed by atoms with van der Waals surface area (Å²) in [5.74, 6) is 0.549. The number of rotatable bonds is 3. The molecule has 0 atom stereocenters. The van der Waals surface area contributed by atoms with E-state index in [1.807, 2.05) is 19.1 Å². The predicted molar refractivity (Wildman–Crippen MR) is 69.2 cm³/mol. The number of nitrogens with zero attached hydrogens (tertiary/aromatic N) is 5. The molecular weight excluding hydrogens is 228 g/mol. The maximum absolute atomic E-state index is 5.73. The van der Waals surface area contributed by atoms with Crippen molar-refractivity contribution in [2.24, 2.45) is 15.9 Å². The lowest BCUT2D eigenvalue weighted by Crippen LogP contribution is -2.16. The van der Waals surface area contributed by atoms with Crippen molar-refractivity contribution in [2.75, 3.05) is 0 Å². The molecule has 2 aromatic heterocycles. The van der Waals surface area contributed by atoms with E-state index in [-0.39, 0.29) is 5.84 Å². The van der Waals surface area contributed by atoms with Gasteiger partial charge in [-0.15, -0.1) is 5.10 Å². The van der Waals surface area contributed by atoms with Crippen molar-refractivity contribution in [3.63, 3.8) is 0 Å². The van der Waals surface area contributed by atoms with Crippen LogP contribution in [-0.4, -0.2) is 26.5 Å². The fraction of sp³-hybridized carbons (Fsp3) is 0.0833. The molecule has 0 spiro atoms. The number of nitrogens with two attached hydrogens (primary N) is 1. The molecule has 0 aliphatic rings. The van der Waals surface area contributed by atoms with Crippen LogP contribution in [0, 0.1) is 0 Å². The highest BCUT2D eigenvalue weighted by atomic mass is 15.2. The van der Waals surface area contributed by atoms with Gasteiger partial charge in [0.25, 0.3) is 0 Å². The Morgan fingerprint density at radius 3 is 2.39 bits per heavy atom. The van der Waals surface area contributed by atoms with Crippen molar-refractivity contribution in [1.29, 1.82) is 0 Å². The summed E-state index contributed by atoms with van der Waals surface area (Å²) < 4.78 is 0. The van der Waals surface area contributed by atoms with Crippen LogP contribution in [0.1, 0.15) is 18.3 Å². The van der Waals surface area contributed by atoms with Gasteiger partial charge in [0, 0.05) is 30.4 Å². The lowest BCUT2D eigenvalue weighted by molar-refractivity contribution is 1.10. The maximum Gasteiger partial charge on any atom is 0.196 e. The molecule has 2 aromatic rings. The molecule has 2 rings (SSSR count). The number of aromatic nitrogens is 3. The van der Waals surface area contributed by atoms with Crippen LogP contribution in [0.5, 0.6) is 0 Å². The molecule has 0 saturated heterocycles. The highest BCUT2D eigenvalue weighted by molar-refractivity contribution is 6.00. The zero-order valence-electron chi connectivity index (χ0n) is 9.85. The van der Waals surface area contributed by atoms with Crippen LogP contribution in [0.15, 0.2) is 53.2 Å². The van der Waals surface area contributed by atoms with E-state index in [9.17, 15) is 0 Å². The average Bonchev–Trinajstić information content (AvgIpc) is 2.46. The lowest BCUT2D eigenvalue weighted by atomic mass is 10.2. The highest BCUT2D eigenvalue weighted by Gasteiger charge is 2.00. The molecule has 0 unspecified atom stereocenters. The molecule has 0 aromatic carbocycles. The van der Waals surface area contributed by atoms with E-state index in [1.165, 1.54) is 0 Å². The first kappa shape index (κ1) is 11.8. The van der Waals surface area contributed by atoms with Crippen LogP contribution < -0.4 is 5.73 Å². The van der Waals surface area contributed by atoms with Gasteiger partial charge in [-0.2, -0.15) is 5.10 Å². The molecule has 0 bridgehead atoms. The summed E-state index contributed by atoms with van der Waals surface area (Å²) in [7, 11) is 0. The normalized spacial score (nSPS) is 12.5. The fourth-order valence-corrected chi connectivity index (χ4v) is 1.26. The molecular formula is C12H12N6. The first-order valence-corrected chi connectivity index (χ1v) is 5.33. The van der Waals surface area contributed by atoms with Gasteiger partial charge in [-0.05, 0) is 25.1 Å². The number of amidine groups is 1. The molecule has 0 radical (unpaired) electrons. The van der Waals surface area contributed by atoms with E-state index in [2.05, 4.69) is 25.2 Å². The van der Waals surface area contributed by atoms with E-state index in [1.54, 1.807) is 30.9 Å². The molecule has 0 aliphatic heterocycles. The topological polar surface area (TPSA) is 89.4 Å². The minimum Gasteiger partial charge on any atom is -0.379 e. The minimum absolute atomic E-state index is 0.184. The van der Waals surface area contributed by atoms with Gasteiger partial charge < -0.3 is 5.73 Å². The van der Waals surface area contributed by atoms with E-state index in [0.29, 0.717) is 5.82 Å². The Morgan fingerprint density at radius 2 is 1.72 bits per heavy atom. The number of hydrogen-bond donors (Lipinski definition) is 1. The third-order valence-electron chi connectivity index (χ3n) is 2.20. The monoisotopic (exact) mass is 240 g/mol. The molecule has 18 heavy (non-hydrogen) atoms. The molecule has 90 valence electrons. The van der Waals surface area contributed by atoms with Crippen LogP contribution in [0.25, 0.3) is 0 Å². The Hall–Kier alpha value is -2.63. The summed E-state index contributed by atoms with van der Waals surface area (Å²) in [4.78, 5) is 11.9. The third-order valence-corrected chi connectivity index (χ3v) is 2.20. The van der Waals surface area contributed by atoms with Gasteiger partial charge in [0.1, 0.15) is 0 Å². The second kappa shape index (κ2) is 5.62. The van der Waals surface area contributed by atoms with Crippen molar-refractivity contribution in [3.05, 3.63) is 54.4 Å². The predicted octanol–water partition coefficient (Wildman–Crippen LogP) is 1.00.